The smallest absolute Gasteiger partial charge is 0.330 e. The Kier molecular flexibility index (Phi) is 9.10. The van der Waals surface area contributed by atoms with Crippen LogP contribution in [-0.4, -0.2) is 25.2 Å². The molecule has 0 radical (unpaired) electrons. The van der Waals surface area contributed by atoms with Gasteiger partial charge < -0.3 is 9.47 Å². The number of hydrogen-bond acceptors (Lipinski definition) is 4. The number of carbonyl (C=O) groups is 2. The highest BCUT2D eigenvalue weighted by molar-refractivity contribution is 5.87. The van der Waals surface area contributed by atoms with Crippen molar-refractivity contribution in [2.24, 2.45) is 0 Å². The van der Waals surface area contributed by atoms with E-state index in [1.165, 1.54) is 12.2 Å². The third kappa shape index (κ3) is 8.74. The van der Waals surface area contributed by atoms with Crippen LogP contribution in [0.25, 0.3) is 6.08 Å². The Morgan fingerprint density at radius 3 is 2.27 bits per heavy atom. The van der Waals surface area contributed by atoms with E-state index in [1.54, 1.807) is 12.2 Å². The van der Waals surface area contributed by atoms with Crippen LogP contribution in [0.5, 0.6) is 0 Å². The number of hydrogen-bond donors (Lipinski definition) is 0. The van der Waals surface area contributed by atoms with Gasteiger partial charge >= 0.3 is 11.9 Å². The monoisotopic (exact) mass is 302 g/mol. The van der Waals surface area contributed by atoms with Crippen LogP contribution in [0, 0.1) is 0 Å². The molecule has 22 heavy (non-hydrogen) atoms. The van der Waals surface area contributed by atoms with Crippen molar-refractivity contribution in [3.63, 3.8) is 0 Å². The zero-order chi connectivity index (χ0) is 16.0. The number of unbranched alkanes of at least 4 members (excludes halogenated alkanes) is 1. The molecule has 1 aromatic rings. The van der Waals surface area contributed by atoms with Gasteiger partial charge in [-0.25, -0.2) is 9.59 Å². The lowest BCUT2D eigenvalue weighted by Gasteiger charge is -2.03. The molecule has 0 aromatic heterocycles. The maximum absolute atomic E-state index is 11.5. The van der Waals surface area contributed by atoms with E-state index in [4.69, 9.17) is 9.47 Å². The maximum Gasteiger partial charge on any atom is 0.330 e. The van der Waals surface area contributed by atoms with E-state index in [1.807, 2.05) is 37.3 Å². The summed E-state index contributed by atoms with van der Waals surface area (Å²) < 4.78 is 9.97. The van der Waals surface area contributed by atoms with Gasteiger partial charge in [0.2, 0.25) is 0 Å². The van der Waals surface area contributed by atoms with Gasteiger partial charge in [0.05, 0.1) is 13.2 Å². The van der Waals surface area contributed by atoms with Crippen LogP contribution < -0.4 is 0 Å². The minimum Gasteiger partial charge on any atom is -0.462 e. The third-order valence-corrected chi connectivity index (χ3v) is 2.70. The van der Waals surface area contributed by atoms with Crippen LogP contribution in [0.2, 0.25) is 0 Å². The number of carbonyl (C=O) groups excluding carboxylic acids is 2. The number of ether oxygens (including phenoxy) is 2. The van der Waals surface area contributed by atoms with Crippen molar-refractivity contribution < 1.29 is 19.1 Å². The fourth-order valence-electron chi connectivity index (χ4n) is 1.58. The molecule has 1 aromatic carbocycles. The molecular formula is C18H22O4. The average molecular weight is 302 g/mol. The fourth-order valence-corrected chi connectivity index (χ4v) is 1.58. The summed E-state index contributed by atoms with van der Waals surface area (Å²) >= 11 is 0. The number of benzene rings is 1. The van der Waals surface area contributed by atoms with Gasteiger partial charge in [0.1, 0.15) is 0 Å². The quantitative estimate of drug-likeness (QED) is 0.398. The first-order chi connectivity index (χ1) is 10.7. The second-order valence-electron chi connectivity index (χ2n) is 4.62. The molecule has 0 amide bonds. The molecule has 0 aliphatic heterocycles. The first-order valence-corrected chi connectivity index (χ1v) is 7.45. The summed E-state index contributed by atoms with van der Waals surface area (Å²) in [5, 5.41) is 0. The molecule has 118 valence electrons. The molecule has 0 spiro atoms. The lowest BCUT2D eigenvalue weighted by Crippen LogP contribution is -2.08. The molecule has 0 bridgehead atoms. The number of esters is 2. The molecule has 0 saturated carbocycles. The van der Waals surface area contributed by atoms with Crippen LogP contribution in [0.15, 0.2) is 48.6 Å². The highest BCUT2D eigenvalue weighted by Gasteiger charge is 1.99. The highest BCUT2D eigenvalue weighted by Crippen LogP contribution is 2.01. The molecule has 0 N–H and O–H groups in total. The van der Waals surface area contributed by atoms with Crippen LogP contribution in [0.1, 0.15) is 31.7 Å². The summed E-state index contributed by atoms with van der Waals surface area (Å²) in [6.45, 7) is 2.51. The standard InChI is InChI=1S/C18H22O4/c1-2-3-5-11-17(19)21-14-8-15-22-18(20)13-12-16-9-6-4-7-10-16/h4-7,9-13H,2-3,8,14-15H2,1H3/b11-5+,13-12+. The molecule has 0 heterocycles. The second kappa shape index (κ2) is 11.3. The van der Waals surface area contributed by atoms with E-state index >= 15 is 0 Å². The molecule has 0 unspecified atom stereocenters. The van der Waals surface area contributed by atoms with Crippen LogP contribution in [0.4, 0.5) is 0 Å². The van der Waals surface area contributed by atoms with E-state index in [2.05, 4.69) is 0 Å². The summed E-state index contributed by atoms with van der Waals surface area (Å²) in [7, 11) is 0. The lowest BCUT2D eigenvalue weighted by atomic mass is 10.2. The molecule has 4 heteroatoms. The SMILES string of the molecule is CCC/C=C/C(=O)OCCCOC(=O)/C=C/c1ccccc1. The normalized spacial score (nSPS) is 11.0. The number of allylic oxidation sites excluding steroid dienone is 1. The molecule has 0 atom stereocenters. The summed E-state index contributed by atoms with van der Waals surface area (Å²) in [4.78, 5) is 22.7. The fraction of sp³-hybridized carbons (Fsp3) is 0.333. The summed E-state index contributed by atoms with van der Waals surface area (Å²) in [5.74, 6) is -0.762. The predicted octanol–water partition coefficient (Wildman–Crippen LogP) is 3.53. The minimum absolute atomic E-state index is 0.226. The Hall–Kier alpha value is -2.36. The van der Waals surface area contributed by atoms with Gasteiger partial charge in [0.15, 0.2) is 0 Å². The third-order valence-electron chi connectivity index (χ3n) is 2.70. The van der Waals surface area contributed by atoms with E-state index < -0.39 is 5.97 Å². The van der Waals surface area contributed by atoms with Crippen molar-refractivity contribution in [1.29, 1.82) is 0 Å². The summed E-state index contributed by atoms with van der Waals surface area (Å²) in [5.41, 5.74) is 0.937. The predicted molar refractivity (Wildman–Crippen MR) is 86.1 cm³/mol. The Morgan fingerprint density at radius 2 is 1.64 bits per heavy atom. The van der Waals surface area contributed by atoms with Crippen molar-refractivity contribution in [2.75, 3.05) is 13.2 Å². The number of rotatable bonds is 9. The van der Waals surface area contributed by atoms with Gasteiger partial charge in [-0.3, -0.25) is 0 Å². The van der Waals surface area contributed by atoms with Gasteiger partial charge in [-0.2, -0.15) is 0 Å². The van der Waals surface area contributed by atoms with Crippen molar-refractivity contribution in [2.45, 2.75) is 26.2 Å². The Balaban J connectivity index is 2.10. The minimum atomic E-state index is -0.405. The molecular weight excluding hydrogens is 280 g/mol. The van der Waals surface area contributed by atoms with E-state index in [0.717, 1.165) is 18.4 Å². The van der Waals surface area contributed by atoms with Gasteiger partial charge in [-0.1, -0.05) is 49.8 Å². The lowest BCUT2D eigenvalue weighted by molar-refractivity contribution is -0.140. The zero-order valence-electron chi connectivity index (χ0n) is 12.9. The Bertz CT molecular complexity index is 503. The summed E-state index contributed by atoms with van der Waals surface area (Å²) in [6.07, 6.45) is 8.64. The first kappa shape index (κ1) is 17.7. The van der Waals surface area contributed by atoms with Gasteiger partial charge in [-0.05, 0) is 18.1 Å². The first-order valence-electron chi connectivity index (χ1n) is 7.45. The topological polar surface area (TPSA) is 52.6 Å². The van der Waals surface area contributed by atoms with Crippen molar-refractivity contribution >= 4 is 18.0 Å². The van der Waals surface area contributed by atoms with Crippen molar-refractivity contribution in [3.8, 4) is 0 Å². The molecule has 0 saturated heterocycles. The van der Waals surface area contributed by atoms with Crippen molar-refractivity contribution in [1.82, 2.24) is 0 Å². The summed E-state index contributed by atoms with van der Waals surface area (Å²) in [6, 6.07) is 9.50. The molecule has 0 fully saturated rings. The molecule has 4 nitrogen and oxygen atoms in total. The van der Waals surface area contributed by atoms with Crippen LogP contribution in [0.3, 0.4) is 0 Å². The average Bonchev–Trinajstić information content (AvgIpc) is 2.54. The van der Waals surface area contributed by atoms with Gasteiger partial charge in [0, 0.05) is 18.6 Å². The zero-order valence-corrected chi connectivity index (χ0v) is 12.9. The molecule has 1 rings (SSSR count). The van der Waals surface area contributed by atoms with E-state index in [9.17, 15) is 9.59 Å². The molecule has 0 aliphatic carbocycles. The second-order valence-corrected chi connectivity index (χ2v) is 4.62. The Labute approximate surface area is 131 Å². The van der Waals surface area contributed by atoms with Gasteiger partial charge in [0.25, 0.3) is 0 Å². The van der Waals surface area contributed by atoms with E-state index in [0.29, 0.717) is 6.42 Å². The molecule has 0 aliphatic rings. The maximum atomic E-state index is 11.5. The largest absolute Gasteiger partial charge is 0.462 e. The van der Waals surface area contributed by atoms with Crippen LogP contribution >= 0.6 is 0 Å². The Morgan fingerprint density at radius 1 is 1.00 bits per heavy atom. The van der Waals surface area contributed by atoms with E-state index in [-0.39, 0.29) is 19.2 Å². The van der Waals surface area contributed by atoms with Crippen molar-refractivity contribution in [3.05, 3.63) is 54.1 Å². The highest BCUT2D eigenvalue weighted by atomic mass is 16.5. The van der Waals surface area contributed by atoms with Gasteiger partial charge in [-0.15, -0.1) is 0 Å². The van der Waals surface area contributed by atoms with Crippen LogP contribution in [-0.2, 0) is 19.1 Å².